The van der Waals surface area contributed by atoms with Gasteiger partial charge in [0.15, 0.2) is 5.75 Å². The van der Waals surface area contributed by atoms with Crippen LogP contribution in [0, 0.1) is 16.0 Å². The first-order chi connectivity index (χ1) is 9.82. The summed E-state index contributed by atoms with van der Waals surface area (Å²) in [7, 11) is 0. The van der Waals surface area contributed by atoms with E-state index in [1.54, 1.807) is 39.0 Å². The molecule has 0 amide bonds. The largest absolute Gasteiger partial charge is 0.484 e. The van der Waals surface area contributed by atoms with Crippen LogP contribution in [0.5, 0.6) is 5.75 Å². The van der Waals surface area contributed by atoms with Crippen molar-refractivity contribution in [1.29, 1.82) is 0 Å². The van der Waals surface area contributed by atoms with Crippen LogP contribution in [0.2, 0.25) is 0 Å². The van der Waals surface area contributed by atoms with Crippen LogP contribution in [0.4, 0.5) is 11.4 Å². The molecule has 0 radical (unpaired) electrons. The highest BCUT2D eigenvalue weighted by atomic mass is 16.6. The maximum atomic E-state index is 11.2. The van der Waals surface area contributed by atoms with Gasteiger partial charge >= 0.3 is 11.7 Å². The molecule has 0 spiro atoms. The van der Waals surface area contributed by atoms with Gasteiger partial charge in [0.05, 0.1) is 16.9 Å². The minimum absolute atomic E-state index is 0.130. The molecule has 2 N–H and O–H groups in total. The van der Waals surface area contributed by atoms with Gasteiger partial charge < -0.3 is 15.2 Å². The lowest BCUT2D eigenvalue weighted by Gasteiger charge is -2.13. The van der Waals surface area contributed by atoms with Gasteiger partial charge in [0.1, 0.15) is 5.69 Å². The molecule has 0 aromatic heterocycles. The Morgan fingerprint density at radius 1 is 1.43 bits per heavy atom. The molecule has 7 nitrogen and oxygen atoms in total. The summed E-state index contributed by atoms with van der Waals surface area (Å²) < 4.78 is 5.44. The molecule has 1 unspecified atom stereocenters. The topological polar surface area (TPSA) is 102 Å². The van der Waals surface area contributed by atoms with Crippen molar-refractivity contribution in [3.63, 3.8) is 0 Å². The summed E-state index contributed by atoms with van der Waals surface area (Å²) in [6.45, 7) is 5.51. The summed E-state index contributed by atoms with van der Waals surface area (Å²) in [5.41, 5.74) is 0.199. The number of nitro groups is 1. The van der Waals surface area contributed by atoms with Crippen LogP contribution >= 0.6 is 0 Å². The normalized spacial score (nSPS) is 12.0. The predicted molar refractivity (Wildman–Crippen MR) is 78.8 cm³/mol. The van der Waals surface area contributed by atoms with Crippen molar-refractivity contribution in [1.82, 2.24) is 0 Å². The standard InChI is InChI=1S/C14H20N2O5/c1-9(2)21-12-6-4-5-11(13(12)16(19)20)15-8-7-10(3)14(17)18/h4-6,9-10,15H,7-8H2,1-3H3,(H,17,18). The third kappa shape index (κ3) is 4.94. The van der Waals surface area contributed by atoms with E-state index in [0.717, 1.165) is 0 Å². The number of nitro benzene ring substituents is 1. The van der Waals surface area contributed by atoms with Gasteiger partial charge in [-0.25, -0.2) is 0 Å². The maximum absolute atomic E-state index is 11.2. The summed E-state index contributed by atoms with van der Waals surface area (Å²) in [6, 6.07) is 4.79. The Labute approximate surface area is 123 Å². The first kappa shape index (κ1) is 16.7. The van der Waals surface area contributed by atoms with Crippen LogP contribution in [-0.2, 0) is 4.79 Å². The molecule has 0 saturated carbocycles. The van der Waals surface area contributed by atoms with E-state index in [-0.39, 0.29) is 17.5 Å². The fraction of sp³-hybridized carbons (Fsp3) is 0.500. The van der Waals surface area contributed by atoms with Gasteiger partial charge in [0.2, 0.25) is 0 Å². The fourth-order valence-corrected chi connectivity index (χ4v) is 1.75. The molecule has 1 aromatic rings. The zero-order chi connectivity index (χ0) is 16.0. The molecule has 0 aliphatic carbocycles. The van der Waals surface area contributed by atoms with Crippen LogP contribution in [0.25, 0.3) is 0 Å². The van der Waals surface area contributed by atoms with Gasteiger partial charge in [0.25, 0.3) is 0 Å². The van der Waals surface area contributed by atoms with E-state index in [9.17, 15) is 14.9 Å². The Balaban J connectivity index is 2.86. The lowest BCUT2D eigenvalue weighted by Crippen LogP contribution is -2.15. The van der Waals surface area contributed by atoms with Crippen LogP contribution in [0.1, 0.15) is 27.2 Å². The van der Waals surface area contributed by atoms with Gasteiger partial charge in [-0.3, -0.25) is 14.9 Å². The summed E-state index contributed by atoms with van der Waals surface area (Å²) in [5, 5.41) is 22.9. The molecule has 0 aliphatic rings. The quantitative estimate of drug-likeness (QED) is 0.565. The number of para-hydroxylation sites is 1. The lowest BCUT2D eigenvalue weighted by atomic mass is 10.1. The van der Waals surface area contributed by atoms with Gasteiger partial charge in [-0.15, -0.1) is 0 Å². The van der Waals surface area contributed by atoms with E-state index in [0.29, 0.717) is 18.7 Å². The molecule has 0 heterocycles. The Kier molecular flexibility index (Phi) is 5.95. The van der Waals surface area contributed by atoms with E-state index in [1.165, 1.54) is 0 Å². The monoisotopic (exact) mass is 296 g/mol. The van der Waals surface area contributed by atoms with E-state index in [4.69, 9.17) is 9.84 Å². The van der Waals surface area contributed by atoms with Crippen molar-refractivity contribution in [3.8, 4) is 5.75 Å². The minimum atomic E-state index is -0.886. The maximum Gasteiger partial charge on any atom is 0.333 e. The average molecular weight is 296 g/mol. The van der Waals surface area contributed by atoms with Crippen molar-refractivity contribution in [2.24, 2.45) is 5.92 Å². The molecular formula is C14H20N2O5. The number of carbonyl (C=O) groups is 1. The van der Waals surface area contributed by atoms with Gasteiger partial charge in [0, 0.05) is 6.54 Å². The van der Waals surface area contributed by atoms with Gasteiger partial charge in [-0.05, 0) is 32.4 Å². The van der Waals surface area contributed by atoms with Crippen molar-refractivity contribution in [2.75, 3.05) is 11.9 Å². The van der Waals surface area contributed by atoms with E-state index in [2.05, 4.69) is 5.32 Å². The SMILES string of the molecule is CC(C)Oc1cccc(NCCC(C)C(=O)O)c1[N+](=O)[O-]. The van der Waals surface area contributed by atoms with E-state index >= 15 is 0 Å². The highest BCUT2D eigenvalue weighted by Gasteiger charge is 2.22. The Bertz CT molecular complexity index is 516. The number of aliphatic carboxylic acids is 1. The van der Waals surface area contributed by atoms with Crippen LogP contribution in [-0.4, -0.2) is 28.6 Å². The highest BCUT2D eigenvalue weighted by molar-refractivity contribution is 5.70. The first-order valence-corrected chi connectivity index (χ1v) is 6.73. The predicted octanol–water partition coefficient (Wildman–Crippen LogP) is 2.90. The van der Waals surface area contributed by atoms with Crippen molar-refractivity contribution >= 4 is 17.3 Å². The molecule has 1 atom stereocenters. The third-order valence-electron chi connectivity index (χ3n) is 2.86. The second-order valence-corrected chi connectivity index (χ2v) is 5.03. The number of rotatable bonds is 8. The molecule has 1 rings (SSSR count). The van der Waals surface area contributed by atoms with Crippen molar-refractivity contribution in [3.05, 3.63) is 28.3 Å². The molecule has 116 valence electrons. The van der Waals surface area contributed by atoms with Crippen LogP contribution in [0.15, 0.2) is 18.2 Å². The molecule has 0 fully saturated rings. The summed E-state index contributed by atoms with van der Waals surface area (Å²) >= 11 is 0. The number of ether oxygens (including phenoxy) is 1. The molecular weight excluding hydrogens is 276 g/mol. The van der Waals surface area contributed by atoms with Crippen molar-refractivity contribution < 1.29 is 19.6 Å². The number of carboxylic acids is 1. The minimum Gasteiger partial charge on any atom is -0.484 e. The van der Waals surface area contributed by atoms with Gasteiger partial charge in [-0.2, -0.15) is 0 Å². The summed E-state index contributed by atoms with van der Waals surface area (Å²) in [4.78, 5) is 21.5. The number of hydrogen-bond acceptors (Lipinski definition) is 5. The molecule has 1 aromatic carbocycles. The average Bonchev–Trinajstić information content (AvgIpc) is 2.37. The summed E-state index contributed by atoms with van der Waals surface area (Å²) in [5.74, 6) is -1.19. The number of anilines is 1. The van der Waals surface area contributed by atoms with Crippen LogP contribution < -0.4 is 10.1 Å². The van der Waals surface area contributed by atoms with Crippen molar-refractivity contribution in [2.45, 2.75) is 33.3 Å². The second kappa shape index (κ2) is 7.47. The molecule has 21 heavy (non-hydrogen) atoms. The number of nitrogens with one attached hydrogen (secondary N) is 1. The first-order valence-electron chi connectivity index (χ1n) is 6.73. The molecule has 0 aliphatic heterocycles. The Morgan fingerprint density at radius 3 is 2.62 bits per heavy atom. The highest BCUT2D eigenvalue weighted by Crippen LogP contribution is 2.35. The zero-order valence-corrected chi connectivity index (χ0v) is 12.3. The van der Waals surface area contributed by atoms with E-state index < -0.39 is 16.8 Å². The van der Waals surface area contributed by atoms with E-state index in [1.807, 2.05) is 0 Å². The molecule has 7 heteroatoms. The Morgan fingerprint density at radius 2 is 2.10 bits per heavy atom. The third-order valence-corrected chi connectivity index (χ3v) is 2.86. The summed E-state index contributed by atoms with van der Waals surface area (Å²) in [6.07, 6.45) is 0.202. The van der Waals surface area contributed by atoms with Crippen LogP contribution in [0.3, 0.4) is 0 Å². The fourth-order valence-electron chi connectivity index (χ4n) is 1.75. The smallest absolute Gasteiger partial charge is 0.333 e. The molecule has 0 saturated heterocycles. The lowest BCUT2D eigenvalue weighted by molar-refractivity contribution is -0.385. The second-order valence-electron chi connectivity index (χ2n) is 5.03. The molecule has 0 bridgehead atoms. The zero-order valence-electron chi connectivity index (χ0n) is 12.3. The number of nitrogens with zero attached hydrogens (tertiary/aromatic N) is 1. The number of hydrogen-bond donors (Lipinski definition) is 2. The van der Waals surface area contributed by atoms with Gasteiger partial charge in [-0.1, -0.05) is 13.0 Å². The number of carboxylic acid groups (broad SMARTS) is 1. The number of benzene rings is 1. The Hall–Kier alpha value is -2.31.